The number of rotatable bonds is 11. The molecule has 0 heterocycles. The van der Waals surface area contributed by atoms with E-state index in [1.165, 1.54) is 16.7 Å². The standard InChI is InChI=1S/C29H34BrN3O4S2/c1-20(2)31-29(35)22(4)32(18-23-7-6-8-24(30)17-23)28(34)19-33(25-11-9-21(3)10-12-25)39(36,37)27-15-13-26(38-5)14-16-27/h6-17,20,22H,18-19H2,1-5H3,(H,31,35)/t22-/m0/s1. The molecule has 0 bridgehead atoms. The van der Waals surface area contributed by atoms with Gasteiger partial charge in [0.15, 0.2) is 0 Å². The molecule has 0 spiro atoms. The van der Waals surface area contributed by atoms with Crippen LogP contribution in [0.5, 0.6) is 0 Å². The third-order valence-corrected chi connectivity index (χ3v) is 9.11. The molecule has 2 amide bonds. The van der Waals surface area contributed by atoms with Crippen LogP contribution >= 0.6 is 27.7 Å². The van der Waals surface area contributed by atoms with Crippen LogP contribution in [0.15, 0.2) is 87.1 Å². The van der Waals surface area contributed by atoms with Crippen LogP contribution in [-0.2, 0) is 26.2 Å². The topological polar surface area (TPSA) is 86.8 Å². The number of nitrogens with one attached hydrogen (secondary N) is 1. The minimum absolute atomic E-state index is 0.0813. The Morgan fingerprint density at radius 2 is 1.62 bits per heavy atom. The number of benzene rings is 3. The van der Waals surface area contributed by atoms with Crippen LogP contribution in [0.2, 0.25) is 0 Å². The molecule has 3 aromatic carbocycles. The van der Waals surface area contributed by atoms with Crippen LogP contribution in [0.3, 0.4) is 0 Å². The second-order valence-electron chi connectivity index (χ2n) is 9.51. The van der Waals surface area contributed by atoms with Gasteiger partial charge in [-0.1, -0.05) is 45.8 Å². The fourth-order valence-corrected chi connectivity index (χ4v) is 6.20. The molecule has 0 fully saturated rings. The third-order valence-electron chi connectivity index (χ3n) is 6.09. The number of carbonyl (C=O) groups excluding carboxylic acids is 2. The molecule has 0 saturated carbocycles. The molecular weight excluding hydrogens is 598 g/mol. The van der Waals surface area contributed by atoms with Crippen molar-refractivity contribution in [3.63, 3.8) is 0 Å². The van der Waals surface area contributed by atoms with Crippen molar-refractivity contribution in [1.29, 1.82) is 0 Å². The Morgan fingerprint density at radius 3 is 2.18 bits per heavy atom. The van der Waals surface area contributed by atoms with E-state index in [1.807, 2.05) is 51.3 Å². The quantitative estimate of drug-likeness (QED) is 0.278. The van der Waals surface area contributed by atoms with E-state index in [4.69, 9.17) is 0 Å². The minimum Gasteiger partial charge on any atom is -0.352 e. The molecule has 39 heavy (non-hydrogen) atoms. The first-order chi connectivity index (χ1) is 18.4. The maximum Gasteiger partial charge on any atom is 0.264 e. The van der Waals surface area contributed by atoms with E-state index in [1.54, 1.807) is 55.5 Å². The van der Waals surface area contributed by atoms with Gasteiger partial charge in [0.1, 0.15) is 12.6 Å². The lowest BCUT2D eigenvalue weighted by Crippen LogP contribution is -2.52. The fourth-order valence-electron chi connectivity index (χ4n) is 3.93. The van der Waals surface area contributed by atoms with E-state index < -0.39 is 28.5 Å². The van der Waals surface area contributed by atoms with E-state index in [0.29, 0.717) is 5.69 Å². The molecule has 0 aliphatic heterocycles. The Morgan fingerprint density at radius 1 is 0.974 bits per heavy atom. The largest absolute Gasteiger partial charge is 0.352 e. The maximum atomic E-state index is 13.9. The van der Waals surface area contributed by atoms with Crippen LogP contribution in [0.1, 0.15) is 31.9 Å². The molecule has 7 nitrogen and oxygen atoms in total. The van der Waals surface area contributed by atoms with Gasteiger partial charge in [0.05, 0.1) is 10.6 Å². The fraction of sp³-hybridized carbons (Fsp3) is 0.310. The van der Waals surface area contributed by atoms with Crippen molar-refractivity contribution in [1.82, 2.24) is 10.2 Å². The van der Waals surface area contributed by atoms with Crippen molar-refractivity contribution in [3.05, 3.63) is 88.4 Å². The maximum absolute atomic E-state index is 13.9. The molecule has 0 aliphatic rings. The number of carbonyl (C=O) groups is 2. The summed E-state index contributed by atoms with van der Waals surface area (Å²) in [5.74, 6) is -0.808. The second-order valence-corrected chi connectivity index (χ2v) is 13.2. The normalized spacial score (nSPS) is 12.2. The van der Waals surface area contributed by atoms with Gasteiger partial charge < -0.3 is 10.2 Å². The van der Waals surface area contributed by atoms with Crippen molar-refractivity contribution in [2.24, 2.45) is 0 Å². The van der Waals surface area contributed by atoms with Crippen LogP contribution in [0.25, 0.3) is 0 Å². The molecule has 0 unspecified atom stereocenters. The molecule has 1 N–H and O–H groups in total. The van der Waals surface area contributed by atoms with Gasteiger partial charge in [0, 0.05) is 22.0 Å². The second kappa shape index (κ2) is 13.5. The molecule has 0 radical (unpaired) electrons. The highest BCUT2D eigenvalue weighted by atomic mass is 79.9. The van der Waals surface area contributed by atoms with Crippen molar-refractivity contribution in [3.8, 4) is 0 Å². The summed E-state index contributed by atoms with van der Waals surface area (Å²) in [6, 6.07) is 20.1. The van der Waals surface area contributed by atoms with Gasteiger partial charge in [-0.25, -0.2) is 8.42 Å². The zero-order valence-corrected chi connectivity index (χ0v) is 25.9. The SMILES string of the molecule is CSc1ccc(S(=O)(=O)N(CC(=O)N(Cc2cccc(Br)c2)[C@@H](C)C(=O)NC(C)C)c2ccc(C)cc2)cc1. The lowest BCUT2D eigenvalue weighted by Gasteiger charge is -2.32. The summed E-state index contributed by atoms with van der Waals surface area (Å²) in [6.45, 7) is 6.92. The van der Waals surface area contributed by atoms with E-state index >= 15 is 0 Å². The molecular formula is C29H34BrN3O4S2. The monoisotopic (exact) mass is 631 g/mol. The molecule has 1 atom stereocenters. The van der Waals surface area contributed by atoms with Gasteiger partial charge in [-0.05, 0) is 88.0 Å². The summed E-state index contributed by atoms with van der Waals surface area (Å²) in [5.41, 5.74) is 2.13. The Kier molecular flexibility index (Phi) is 10.6. The smallest absolute Gasteiger partial charge is 0.264 e. The summed E-state index contributed by atoms with van der Waals surface area (Å²) < 4.78 is 29.7. The molecule has 10 heteroatoms. The predicted molar refractivity (Wildman–Crippen MR) is 161 cm³/mol. The number of anilines is 1. The number of hydrogen-bond donors (Lipinski definition) is 1. The van der Waals surface area contributed by atoms with Crippen LogP contribution in [-0.4, -0.2) is 50.0 Å². The Balaban J connectivity index is 2.03. The number of aryl methyl sites for hydroxylation is 1. The van der Waals surface area contributed by atoms with E-state index in [2.05, 4.69) is 21.2 Å². The average molecular weight is 633 g/mol. The molecule has 0 aliphatic carbocycles. The summed E-state index contributed by atoms with van der Waals surface area (Å²) in [5, 5.41) is 2.86. The molecule has 3 aromatic rings. The zero-order chi connectivity index (χ0) is 28.7. The highest BCUT2D eigenvalue weighted by Gasteiger charge is 2.32. The number of sulfonamides is 1. The lowest BCUT2D eigenvalue weighted by atomic mass is 10.1. The first-order valence-corrected chi connectivity index (χ1v) is 16.0. The van der Waals surface area contributed by atoms with Crippen LogP contribution in [0, 0.1) is 6.92 Å². The molecule has 208 valence electrons. The number of halogens is 1. The Labute approximate surface area is 244 Å². The number of nitrogens with zero attached hydrogens (tertiary/aromatic N) is 2. The highest BCUT2D eigenvalue weighted by molar-refractivity contribution is 9.10. The first kappa shape index (κ1) is 30.7. The van der Waals surface area contributed by atoms with Crippen LogP contribution in [0.4, 0.5) is 5.69 Å². The molecule has 0 aromatic heterocycles. The Hall–Kier alpha value is -2.82. The van der Waals surface area contributed by atoms with Gasteiger partial charge in [0.2, 0.25) is 11.8 Å². The van der Waals surface area contributed by atoms with E-state index in [0.717, 1.165) is 24.8 Å². The number of hydrogen-bond acceptors (Lipinski definition) is 5. The van der Waals surface area contributed by atoms with Crippen molar-refractivity contribution in [2.75, 3.05) is 17.1 Å². The van der Waals surface area contributed by atoms with Crippen LogP contribution < -0.4 is 9.62 Å². The highest BCUT2D eigenvalue weighted by Crippen LogP contribution is 2.26. The van der Waals surface area contributed by atoms with Crippen molar-refractivity contribution < 1.29 is 18.0 Å². The summed E-state index contributed by atoms with van der Waals surface area (Å²) in [6.07, 6.45) is 1.91. The predicted octanol–water partition coefficient (Wildman–Crippen LogP) is 5.62. The zero-order valence-electron chi connectivity index (χ0n) is 22.7. The van der Waals surface area contributed by atoms with E-state index in [9.17, 15) is 18.0 Å². The third kappa shape index (κ3) is 8.09. The van der Waals surface area contributed by atoms with Gasteiger partial charge in [0.25, 0.3) is 10.0 Å². The Bertz CT molecular complexity index is 1390. The first-order valence-electron chi connectivity index (χ1n) is 12.5. The molecule has 3 rings (SSSR count). The average Bonchev–Trinajstić information content (AvgIpc) is 2.90. The summed E-state index contributed by atoms with van der Waals surface area (Å²) >= 11 is 4.97. The van der Waals surface area contributed by atoms with Crippen molar-refractivity contribution >= 4 is 55.2 Å². The number of amides is 2. The summed E-state index contributed by atoms with van der Waals surface area (Å²) in [4.78, 5) is 29.3. The number of thioether (sulfide) groups is 1. The lowest BCUT2D eigenvalue weighted by molar-refractivity contribution is -0.139. The van der Waals surface area contributed by atoms with Gasteiger partial charge in [-0.2, -0.15) is 0 Å². The summed E-state index contributed by atoms with van der Waals surface area (Å²) in [7, 11) is -4.10. The van der Waals surface area contributed by atoms with Gasteiger partial charge >= 0.3 is 0 Å². The molecule has 0 saturated heterocycles. The van der Waals surface area contributed by atoms with E-state index in [-0.39, 0.29) is 23.4 Å². The van der Waals surface area contributed by atoms with Crippen molar-refractivity contribution in [2.45, 2.75) is 56.1 Å². The minimum atomic E-state index is -4.10. The van der Waals surface area contributed by atoms with Gasteiger partial charge in [-0.15, -0.1) is 11.8 Å². The van der Waals surface area contributed by atoms with Gasteiger partial charge in [-0.3, -0.25) is 13.9 Å².